The van der Waals surface area contributed by atoms with Crippen molar-refractivity contribution in [1.82, 2.24) is 9.13 Å². The highest BCUT2D eigenvalue weighted by atomic mass is 16.2. The van der Waals surface area contributed by atoms with Gasteiger partial charge in [0.1, 0.15) is 5.82 Å². The molecule has 0 bridgehead atoms. The van der Waals surface area contributed by atoms with Crippen molar-refractivity contribution in [3.63, 3.8) is 0 Å². The van der Waals surface area contributed by atoms with E-state index in [-0.39, 0.29) is 5.78 Å². The highest BCUT2D eigenvalue weighted by Crippen LogP contribution is 2.47. The number of aliphatic imine (C=N–C) groups is 1. The lowest BCUT2D eigenvalue weighted by Crippen LogP contribution is -2.43. The van der Waals surface area contributed by atoms with Gasteiger partial charge in [0, 0.05) is 31.1 Å². The molecule has 0 N–H and O–H groups in total. The van der Waals surface area contributed by atoms with Gasteiger partial charge >= 0.3 is 5.69 Å². The van der Waals surface area contributed by atoms with Crippen LogP contribution in [0.2, 0.25) is 0 Å². The maximum absolute atomic E-state index is 13.5. The SMILES string of the molecule is Cc1cccc([C@@H]2c3c(n(C)c(=O)n(C)c3=O)N=C3c4ccccc4C(=O)[C@H]32)c1C. The van der Waals surface area contributed by atoms with E-state index in [0.29, 0.717) is 22.7 Å². The van der Waals surface area contributed by atoms with Crippen molar-refractivity contribution in [1.29, 1.82) is 0 Å². The number of carbonyl (C=O) groups excluding carboxylic acids is 1. The molecule has 2 atom stereocenters. The quantitative estimate of drug-likeness (QED) is 0.632. The topological polar surface area (TPSA) is 73.4 Å². The number of nitrogens with zero attached hydrogens (tertiary/aromatic N) is 3. The average molecular weight is 399 g/mol. The number of ketones is 1. The van der Waals surface area contributed by atoms with Crippen molar-refractivity contribution in [2.75, 3.05) is 0 Å². The van der Waals surface area contributed by atoms with Crippen LogP contribution in [0.3, 0.4) is 0 Å². The van der Waals surface area contributed by atoms with E-state index in [1.165, 1.54) is 11.6 Å². The molecule has 0 saturated heterocycles. The first-order chi connectivity index (χ1) is 14.3. The minimum absolute atomic E-state index is 0.0307. The molecule has 30 heavy (non-hydrogen) atoms. The van der Waals surface area contributed by atoms with E-state index in [2.05, 4.69) is 0 Å². The zero-order chi connectivity index (χ0) is 21.3. The second kappa shape index (κ2) is 6.23. The number of hydrogen-bond donors (Lipinski definition) is 0. The maximum atomic E-state index is 13.5. The van der Waals surface area contributed by atoms with Gasteiger partial charge in [-0.3, -0.25) is 18.7 Å². The van der Waals surface area contributed by atoms with Crippen LogP contribution in [0.4, 0.5) is 5.82 Å². The Kier molecular flexibility index (Phi) is 3.84. The van der Waals surface area contributed by atoms with Gasteiger partial charge in [0.25, 0.3) is 5.56 Å². The number of aryl methyl sites for hydroxylation is 1. The molecule has 1 aliphatic heterocycles. The number of carbonyl (C=O) groups is 1. The molecule has 150 valence electrons. The van der Waals surface area contributed by atoms with E-state index in [9.17, 15) is 14.4 Å². The normalized spacial score (nSPS) is 19.2. The summed E-state index contributed by atoms with van der Waals surface area (Å²) in [6.45, 7) is 4.02. The van der Waals surface area contributed by atoms with Crippen LogP contribution in [0.5, 0.6) is 0 Å². The minimum Gasteiger partial charge on any atom is -0.293 e. The predicted octanol–water partition coefficient (Wildman–Crippen LogP) is 2.78. The van der Waals surface area contributed by atoms with Crippen LogP contribution in [0.1, 0.15) is 44.1 Å². The first-order valence-electron chi connectivity index (χ1n) is 9.91. The van der Waals surface area contributed by atoms with Crippen LogP contribution >= 0.6 is 0 Å². The Balaban J connectivity index is 1.94. The number of Topliss-reactive ketones (excluding diaryl/α,β-unsaturated/α-hetero) is 1. The summed E-state index contributed by atoms with van der Waals surface area (Å²) in [7, 11) is 3.09. The third-order valence-corrected chi connectivity index (χ3v) is 6.57. The summed E-state index contributed by atoms with van der Waals surface area (Å²) in [5, 5.41) is 0. The molecule has 6 nitrogen and oxygen atoms in total. The molecule has 0 radical (unpaired) electrons. The zero-order valence-electron chi connectivity index (χ0n) is 17.3. The van der Waals surface area contributed by atoms with Crippen LogP contribution in [-0.4, -0.2) is 20.6 Å². The second-order valence-corrected chi connectivity index (χ2v) is 8.09. The first-order valence-corrected chi connectivity index (χ1v) is 9.91. The summed E-state index contributed by atoms with van der Waals surface area (Å²) in [6, 6.07) is 13.3. The van der Waals surface area contributed by atoms with Crippen LogP contribution < -0.4 is 11.2 Å². The third-order valence-electron chi connectivity index (χ3n) is 6.57. The van der Waals surface area contributed by atoms with Crippen LogP contribution in [-0.2, 0) is 14.1 Å². The van der Waals surface area contributed by atoms with Crippen LogP contribution in [0.25, 0.3) is 0 Å². The molecule has 0 unspecified atom stereocenters. The molecule has 2 aliphatic rings. The fourth-order valence-electron chi connectivity index (χ4n) is 4.81. The summed E-state index contributed by atoms with van der Waals surface area (Å²) in [5.74, 6) is -0.778. The predicted molar refractivity (Wildman–Crippen MR) is 115 cm³/mol. The first kappa shape index (κ1) is 18.5. The van der Waals surface area contributed by atoms with E-state index >= 15 is 0 Å². The van der Waals surface area contributed by atoms with Crippen molar-refractivity contribution in [2.24, 2.45) is 25.0 Å². The molecule has 5 rings (SSSR count). The Morgan fingerprint density at radius 1 is 0.833 bits per heavy atom. The monoisotopic (exact) mass is 399 g/mol. The van der Waals surface area contributed by atoms with E-state index in [0.717, 1.165) is 26.8 Å². The fraction of sp³-hybridized carbons (Fsp3) is 0.250. The van der Waals surface area contributed by atoms with Crippen LogP contribution in [0.15, 0.2) is 57.0 Å². The molecule has 1 aromatic heterocycles. The highest BCUT2D eigenvalue weighted by Gasteiger charge is 2.48. The van der Waals surface area contributed by atoms with Crippen molar-refractivity contribution >= 4 is 17.3 Å². The van der Waals surface area contributed by atoms with Gasteiger partial charge in [-0.05, 0) is 30.5 Å². The number of rotatable bonds is 1. The Morgan fingerprint density at radius 2 is 1.53 bits per heavy atom. The molecular formula is C24H21N3O3. The molecule has 1 aliphatic carbocycles. The Morgan fingerprint density at radius 3 is 2.27 bits per heavy atom. The van der Waals surface area contributed by atoms with Gasteiger partial charge < -0.3 is 0 Å². The molecule has 0 fully saturated rings. The zero-order valence-corrected chi connectivity index (χ0v) is 17.3. The molecule has 0 saturated carbocycles. The van der Waals surface area contributed by atoms with E-state index < -0.39 is 23.1 Å². The molecule has 0 spiro atoms. The van der Waals surface area contributed by atoms with Gasteiger partial charge in [-0.2, -0.15) is 0 Å². The number of aromatic nitrogens is 2. The molecule has 2 aromatic carbocycles. The van der Waals surface area contributed by atoms with Gasteiger partial charge in [0.2, 0.25) is 0 Å². The largest absolute Gasteiger partial charge is 0.332 e. The number of fused-ring (bicyclic) bond motifs is 4. The molecule has 3 aromatic rings. The van der Waals surface area contributed by atoms with Crippen molar-refractivity contribution in [3.8, 4) is 0 Å². The Labute approximate surface area is 173 Å². The molecule has 0 amide bonds. The van der Waals surface area contributed by atoms with Gasteiger partial charge in [-0.25, -0.2) is 9.79 Å². The standard InChI is InChI=1S/C24H21N3O3/c1-12-8-7-11-14(13(12)2)17-18-20(15-9-5-6-10-16(15)21(18)28)25-22-19(17)23(29)27(4)24(30)26(22)3/h5-11,17-18H,1-4H3/t17-,18-/m0/s1. The van der Waals surface area contributed by atoms with E-state index in [4.69, 9.17) is 4.99 Å². The number of hydrogen-bond acceptors (Lipinski definition) is 4. The fourth-order valence-corrected chi connectivity index (χ4v) is 4.81. The Bertz CT molecular complexity index is 1410. The minimum atomic E-state index is -0.583. The lowest BCUT2D eigenvalue weighted by atomic mass is 9.74. The van der Waals surface area contributed by atoms with Gasteiger partial charge in [-0.1, -0.05) is 42.5 Å². The van der Waals surface area contributed by atoms with Gasteiger partial charge in [-0.15, -0.1) is 0 Å². The van der Waals surface area contributed by atoms with Crippen LogP contribution in [0, 0.1) is 19.8 Å². The smallest absolute Gasteiger partial charge is 0.293 e. The van der Waals surface area contributed by atoms with Gasteiger partial charge in [0.05, 0.1) is 17.2 Å². The van der Waals surface area contributed by atoms with Crippen molar-refractivity contribution in [3.05, 3.63) is 96.7 Å². The third kappa shape index (κ3) is 2.24. The average Bonchev–Trinajstić information content (AvgIpc) is 3.04. The van der Waals surface area contributed by atoms with Crippen molar-refractivity contribution < 1.29 is 4.79 Å². The Hall–Kier alpha value is -3.54. The van der Waals surface area contributed by atoms with E-state index in [1.807, 2.05) is 50.2 Å². The summed E-state index contributed by atoms with van der Waals surface area (Å²) in [4.78, 5) is 44.2. The van der Waals surface area contributed by atoms with Crippen molar-refractivity contribution in [2.45, 2.75) is 19.8 Å². The summed E-state index contributed by atoms with van der Waals surface area (Å²) in [6.07, 6.45) is 0. The summed E-state index contributed by atoms with van der Waals surface area (Å²) < 4.78 is 2.51. The van der Waals surface area contributed by atoms with E-state index in [1.54, 1.807) is 13.1 Å². The lowest BCUT2D eigenvalue weighted by molar-refractivity contribution is 0.0953. The molecular weight excluding hydrogens is 378 g/mol. The molecule has 6 heteroatoms. The second-order valence-electron chi connectivity index (χ2n) is 8.09. The summed E-state index contributed by atoms with van der Waals surface area (Å²) >= 11 is 0. The maximum Gasteiger partial charge on any atom is 0.332 e. The highest BCUT2D eigenvalue weighted by molar-refractivity contribution is 6.30. The molecule has 2 heterocycles. The summed E-state index contributed by atoms with van der Waals surface area (Å²) in [5.41, 5.74) is 4.65. The van der Waals surface area contributed by atoms with Gasteiger partial charge in [0.15, 0.2) is 5.78 Å². The lowest BCUT2D eigenvalue weighted by Gasteiger charge is -2.31. The number of benzene rings is 2.